The van der Waals surface area contributed by atoms with Gasteiger partial charge in [0.2, 0.25) is 17.7 Å². The Morgan fingerprint density at radius 1 is 1.29 bits per heavy atom. The minimum Gasteiger partial charge on any atom is -0.368 e. The summed E-state index contributed by atoms with van der Waals surface area (Å²) in [5.74, 6) is -2.52. The number of rotatable bonds is 7. The van der Waals surface area contributed by atoms with Crippen LogP contribution in [-0.4, -0.2) is 48.9 Å². The molecule has 1 atom stereocenters. The highest BCUT2D eigenvalue weighted by molar-refractivity contribution is 5.87. The van der Waals surface area contributed by atoms with Gasteiger partial charge < -0.3 is 16.0 Å². The Kier molecular flexibility index (Phi) is 7.46. The van der Waals surface area contributed by atoms with Gasteiger partial charge in [0.15, 0.2) is 0 Å². The molecule has 0 aliphatic carbocycles. The van der Waals surface area contributed by atoms with Crippen LogP contribution in [0.15, 0.2) is 12.2 Å². The molecule has 0 rings (SSSR count). The first-order valence-electron chi connectivity index (χ1n) is 6.06. The van der Waals surface area contributed by atoms with Gasteiger partial charge in [0, 0.05) is 14.1 Å². The van der Waals surface area contributed by atoms with Gasteiger partial charge in [-0.15, -0.1) is 0 Å². The molecule has 21 heavy (non-hydrogen) atoms. The summed E-state index contributed by atoms with van der Waals surface area (Å²) in [4.78, 5) is 34.7. The van der Waals surface area contributed by atoms with E-state index >= 15 is 0 Å². The number of amides is 3. The number of nitrogens with zero attached hydrogens (tertiary/aromatic N) is 1. The zero-order valence-corrected chi connectivity index (χ0v) is 11.7. The lowest BCUT2D eigenvalue weighted by Crippen LogP contribution is -2.45. The van der Waals surface area contributed by atoms with E-state index in [0.717, 1.165) is 0 Å². The fourth-order valence-electron chi connectivity index (χ4n) is 1.31. The summed E-state index contributed by atoms with van der Waals surface area (Å²) in [6.45, 7) is 0. The summed E-state index contributed by atoms with van der Waals surface area (Å²) < 4.78 is 36.0. The van der Waals surface area contributed by atoms with Crippen molar-refractivity contribution in [1.82, 2.24) is 10.2 Å². The van der Waals surface area contributed by atoms with Crippen LogP contribution in [0.3, 0.4) is 0 Å². The van der Waals surface area contributed by atoms with Gasteiger partial charge in [0.25, 0.3) is 0 Å². The summed E-state index contributed by atoms with van der Waals surface area (Å²) >= 11 is 0. The third-order valence-corrected chi connectivity index (χ3v) is 2.36. The van der Waals surface area contributed by atoms with Gasteiger partial charge in [0.05, 0.1) is 0 Å². The molecule has 120 valence electrons. The maximum atomic E-state index is 12.0. The molecule has 0 aliphatic rings. The molecule has 0 saturated carbocycles. The summed E-state index contributed by atoms with van der Waals surface area (Å²) in [6, 6.07) is -1.21. The lowest BCUT2D eigenvalue weighted by molar-refractivity contribution is -0.155. The number of primary amides is 1. The van der Waals surface area contributed by atoms with Crippen molar-refractivity contribution in [3.63, 3.8) is 0 Å². The molecule has 0 aromatic rings. The van der Waals surface area contributed by atoms with Gasteiger partial charge in [-0.2, -0.15) is 13.2 Å². The molecule has 0 aromatic carbocycles. The number of hydrogen-bond acceptors (Lipinski definition) is 3. The largest absolute Gasteiger partial charge is 0.397 e. The van der Waals surface area contributed by atoms with Crippen molar-refractivity contribution in [1.29, 1.82) is 0 Å². The van der Waals surface area contributed by atoms with E-state index in [4.69, 9.17) is 5.73 Å². The number of nitrogens with two attached hydrogens (primary N) is 1. The predicted molar refractivity (Wildman–Crippen MR) is 68.9 cm³/mol. The van der Waals surface area contributed by atoms with Gasteiger partial charge in [-0.05, 0) is 18.9 Å². The molecule has 0 fully saturated rings. The molecule has 1 unspecified atom stereocenters. The SMILES string of the molecule is CN(C)C(=O)C=CCCC(NC(=O)CC(F)(F)F)C(N)=O. The Bertz CT molecular complexity index is 420. The number of halogens is 3. The smallest absolute Gasteiger partial charge is 0.368 e. The van der Waals surface area contributed by atoms with Crippen LogP contribution >= 0.6 is 0 Å². The van der Waals surface area contributed by atoms with E-state index < -0.39 is 30.5 Å². The predicted octanol–water partition coefficient (Wildman–Crippen LogP) is 0.333. The second kappa shape index (κ2) is 8.28. The van der Waals surface area contributed by atoms with Crippen molar-refractivity contribution < 1.29 is 27.6 Å². The summed E-state index contributed by atoms with van der Waals surface area (Å²) in [6.07, 6.45) is -3.39. The monoisotopic (exact) mass is 309 g/mol. The van der Waals surface area contributed by atoms with Crippen LogP contribution in [0.5, 0.6) is 0 Å². The third kappa shape index (κ3) is 9.47. The zero-order valence-electron chi connectivity index (χ0n) is 11.7. The molecule has 0 radical (unpaired) electrons. The number of likely N-dealkylation sites (N-methyl/N-ethyl adjacent to an activating group) is 1. The average Bonchev–Trinajstić information content (AvgIpc) is 2.29. The molecule has 0 aromatic heterocycles. The van der Waals surface area contributed by atoms with Crippen LogP contribution in [-0.2, 0) is 14.4 Å². The highest BCUT2D eigenvalue weighted by atomic mass is 19.4. The second-order valence-electron chi connectivity index (χ2n) is 4.53. The molecule has 9 heteroatoms. The number of nitrogens with one attached hydrogen (secondary N) is 1. The Morgan fingerprint density at radius 3 is 2.29 bits per heavy atom. The second-order valence-corrected chi connectivity index (χ2v) is 4.53. The Labute approximate surface area is 120 Å². The molecule has 0 bridgehead atoms. The van der Waals surface area contributed by atoms with Gasteiger partial charge in [-0.3, -0.25) is 14.4 Å². The number of alkyl halides is 3. The maximum Gasteiger partial charge on any atom is 0.397 e. The van der Waals surface area contributed by atoms with E-state index in [1.54, 1.807) is 14.1 Å². The van der Waals surface area contributed by atoms with E-state index in [1.807, 2.05) is 5.32 Å². The topological polar surface area (TPSA) is 92.5 Å². The average molecular weight is 309 g/mol. The van der Waals surface area contributed by atoms with Gasteiger partial charge in [-0.25, -0.2) is 0 Å². The number of hydrogen-bond donors (Lipinski definition) is 2. The molecule has 0 saturated heterocycles. The Balaban J connectivity index is 4.36. The summed E-state index contributed by atoms with van der Waals surface area (Å²) in [7, 11) is 3.10. The Hall–Kier alpha value is -2.06. The third-order valence-electron chi connectivity index (χ3n) is 2.36. The maximum absolute atomic E-state index is 12.0. The zero-order chi connectivity index (χ0) is 16.6. The Morgan fingerprint density at radius 2 is 1.86 bits per heavy atom. The fourth-order valence-corrected chi connectivity index (χ4v) is 1.31. The quantitative estimate of drug-likeness (QED) is 0.664. The van der Waals surface area contributed by atoms with Crippen LogP contribution in [0.1, 0.15) is 19.3 Å². The van der Waals surface area contributed by atoms with Crippen molar-refractivity contribution in [2.45, 2.75) is 31.5 Å². The molecular weight excluding hydrogens is 291 g/mol. The van der Waals surface area contributed by atoms with Crippen LogP contribution in [0.25, 0.3) is 0 Å². The molecule has 0 aliphatic heterocycles. The molecule has 3 amide bonds. The fraction of sp³-hybridized carbons (Fsp3) is 0.583. The van der Waals surface area contributed by atoms with Gasteiger partial charge in [0.1, 0.15) is 12.5 Å². The minimum absolute atomic E-state index is 0.0101. The van der Waals surface area contributed by atoms with E-state index in [9.17, 15) is 27.6 Å². The van der Waals surface area contributed by atoms with Crippen molar-refractivity contribution in [3.8, 4) is 0 Å². The molecular formula is C12H18F3N3O3. The van der Waals surface area contributed by atoms with Gasteiger partial charge in [-0.1, -0.05) is 6.08 Å². The van der Waals surface area contributed by atoms with E-state index in [1.165, 1.54) is 17.1 Å². The first kappa shape index (κ1) is 18.9. The van der Waals surface area contributed by atoms with Crippen LogP contribution in [0, 0.1) is 0 Å². The molecule has 3 N–H and O–H groups in total. The highest BCUT2D eigenvalue weighted by Gasteiger charge is 2.32. The molecule has 6 nitrogen and oxygen atoms in total. The first-order chi connectivity index (χ1) is 9.53. The van der Waals surface area contributed by atoms with Crippen molar-refractivity contribution >= 4 is 17.7 Å². The van der Waals surface area contributed by atoms with E-state index in [-0.39, 0.29) is 18.7 Å². The minimum atomic E-state index is -4.65. The number of carbonyl (C=O) groups is 3. The number of allylic oxidation sites excluding steroid dienone is 1. The van der Waals surface area contributed by atoms with Crippen LogP contribution in [0.2, 0.25) is 0 Å². The first-order valence-corrected chi connectivity index (χ1v) is 6.06. The van der Waals surface area contributed by atoms with Crippen molar-refractivity contribution in [2.24, 2.45) is 5.73 Å². The summed E-state index contributed by atoms with van der Waals surface area (Å²) in [5.41, 5.74) is 5.00. The van der Waals surface area contributed by atoms with Crippen LogP contribution < -0.4 is 11.1 Å². The van der Waals surface area contributed by atoms with Crippen molar-refractivity contribution in [2.75, 3.05) is 14.1 Å². The molecule has 0 spiro atoms. The van der Waals surface area contributed by atoms with Crippen molar-refractivity contribution in [3.05, 3.63) is 12.2 Å². The van der Waals surface area contributed by atoms with E-state index in [0.29, 0.717) is 0 Å². The van der Waals surface area contributed by atoms with Crippen LogP contribution in [0.4, 0.5) is 13.2 Å². The number of carbonyl (C=O) groups excluding carboxylic acids is 3. The summed E-state index contributed by atoms with van der Waals surface area (Å²) in [5, 5.41) is 1.92. The van der Waals surface area contributed by atoms with E-state index in [2.05, 4.69) is 0 Å². The highest BCUT2D eigenvalue weighted by Crippen LogP contribution is 2.19. The normalized spacial score (nSPS) is 13.0. The standard InChI is InChI=1S/C12H18F3N3O3/c1-18(2)10(20)6-4-3-5-8(11(16)21)17-9(19)7-12(13,14)15/h4,6,8H,3,5,7H2,1-2H3,(H2,16,21)(H,17,19). The lowest BCUT2D eigenvalue weighted by Gasteiger charge is -2.15. The lowest BCUT2D eigenvalue weighted by atomic mass is 10.1. The molecule has 0 heterocycles. The van der Waals surface area contributed by atoms with Gasteiger partial charge >= 0.3 is 6.18 Å².